The Hall–Kier alpha value is -3.16. The lowest BCUT2D eigenvalue weighted by molar-refractivity contribution is -0.160. The summed E-state index contributed by atoms with van der Waals surface area (Å²) in [4.78, 5) is 54.7. The maximum atomic E-state index is 13.4. The summed E-state index contributed by atoms with van der Waals surface area (Å²) in [5, 5.41) is 2.95. The van der Waals surface area contributed by atoms with Crippen molar-refractivity contribution in [3.05, 3.63) is 42.5 Å². The molecule has 0 aromatic heterocycles. The van der Waals surface area contributed by atoms with Crippen LogP contribution in [0.15, 0.2) is 36.9 Å². The third-order valence-electron chi connectivity index (χ3n) is 6.57. The summed E-state index contributed by atoms with van der Waals surface area (Å²) < 4.78 is 5.44. The van der Waals surface area contributed by atoms with E-state index in [4.69, 9.17) is 4.74 Å². The molecule has 2 fully saturated rings. The fraction of sp³-hybridized carbons (Fsp3) is 0.500. The smallest absolute Gasteiger partial charge is 0.354 e. The minimum atomic E-state index is -1.61. The summed E-state index contributed by atoms with van der Waals surface area (Å²) in [6, 6.07) is 6.81. The van der Waals surface area contributed by atoms with Crippen molar-refractivity contribution in [1.82, 2.24) is 10.2 Å². The van der Waals surface area contributed by atoms with Gasteiger partial charge in [0.1, 0.15) is 0 Å². The van der Waals surface area contributed by atoms with Crippen molar-refractivity contribution in [1.29, 1.82) is 0 Å². The standard InChI is InChI=1S/C24H29N3O5/c1-2-15-26-22(30)18-11-7-8-12-19(18)27-21(29)13-14-24(26,27)23(31)32-16-20(28)25-17-9-5-3-4-6-10-17/h2,7-8,11-12,17H,1,3-6,9-10,13-16H2,(H,25,28). The van der Waals surface area contributed by atoms with Gasteiger partial charge in [-0.05, 0) is 25.0 Å². The van der Waals surface area contributed by atoms with Gasteiger partial charge in [0.15, 0.2) is 6.61 Å². The quantitative estimate of drug-likeness (QED) is 0.417. The number of hydrogen-bond donors (Lipinski definition) is 1. The zero-order valence-corrected chi connectivity index (χ0v) is 18.2. The van der Waals surface area contributed by atoms with Crippen molar-refractivity contribution < 1.29 is 23.9 Å². The van der Waals surface area contributed by atoms with Gasteiger partial charge >= 0.3 is 5.97 Å². The summed E-state index contributed by atoms with van der Waals surface area (Å²) in [5.74, 6) is -1.77. The van der Waals surface area contributed by atoms with E-state index in [9.17, 15) is 19.2 Å². The first-order valence-electron chi connectivity index (χ1n) is 11.3. The highest BCUT2D eigenvalue weighted by Crippen LogP contribution is 2.45. The van der Waals surface area contributed by atoms with Crippen molar-refractivity contribution in [2.24, 2.45) is 0 Å². The van der Waals surface area contributed by atoms with Crippen molar-refractivity contribution >= 4 is 29.4 Å². The number of hydrogen-bond acceptors (Lipinski definition) is 5. The molecule has 170 valence electrons. The number of ether oxygens (including phenoxy) is 1. The van der Waals surface area contributed by atoms with Crippen molar-refractivity contribution in [3.8, 4) is 0 Å². The first kappa shape index (κ1) is 22.0. The lowest BCUT2D eigenvalue weighted by atomic mass is 9.96. The number of nitrogens with zero attached hydrogens (tertiary/aromatic N) is 2. The Morgan fingerprint density at radius 1 is 1.16 bits per heavy atom. The Morgan fingerprint density at radius 3 is 2.59 bits per heavy atom. The second kappa shape index (κ2) is 9.14. The Bertz CT molecular complexity index is 937. The van der Waals surface area contributed by atoms with Crippen LogP contribution in [-0.2, 0) is 19.1 Å². The number of benzene rings is 1. The largest absolute Gasteiger partial charge is 0.452 e. The van der Waals surface area contributed by atoms with Crippen LogP contribution in [0.4, 0.5) is 5.69 Å². The molecule has 1 atom stereocenters. The molecule has 1 N–H and O–H groups in total. The maximum Gasteiger partial charge on any atom is 0.354 e. The van der Waals surface area contributed by atoms with E-state index in [1.54, 1.807) is 24.3 Å². The molecule has 1 unspecified atom stereocenters. The topological polar surface area (TPSA) is 96.0 Å². The molecular formula is C24H29N3O5. The predicted octanol–water partition coefficient (Wildman–Crippen LogP) is 2.53. The highest BCUT2D eigenvalue weighted by atomic mass is 16.5. The van der Waals surface area contributed by atoms with Crippen molar-refractivity contribution in [2.45, 2.75) is 63.1 Å². The van der Waals surface area contributed by atoms with Crippen molar-refractivity contribution in [3.63, 3.8) is 0 Å². The molecule has 8 heteroatoms. The van der Waals surface area contributed by atoms with E-state index in [0.717, 1.165) is 25.7 Å². The first-order chi connectivity index (χ1) is 15.5. The molecule has 1 aromatic rings. The van der Waals surface area contributed by atoms with Gasteiger partial charge in [-0.2, -0.15) is 0 Å². The number of esters is 1. The number of fused-ring (bicyclic) bond motifs is 3. The van der Waals surface area contributed by atoms with Crippen LogP contribution < -0.4 is 10.2 Å². The zero-order valence-electron chi connectivity index (χ0n) is 18.2. The van der Waals surface area contributed by atoms with E-state index in [1.807, 2.05) is 0 Å². The third kappa shape index (κ3) is 3.78. The molecule has 0 radical (unpaired) electrons. The van der Waals surface area contributed by atoms with Crippen LogP contribution in [0.25, 0.3) is 0 Å². The number of amides is 3. The lowest BCUT2D eigenvalue weighted by Gasteiger charge is -2.48. The first-order valence-corrected chi connectivity index (χ1v) is 11.3. The Kier molecular flexibility index (Phi) is 6.30. The molecule has 4 rings (SSSR count). The van der Waals surface area contributed by atoms with E-state index in [-0.39, 0.29) is 43.1 Å². The molecule has 1 saturated heterocycles. The Morgan fingerprint density at radius 2 is 1.88 bits per heavy atom. The molecule has 1 saturated carbocycles. The fourth-order valence-electron chi connectivity index (χ4n) is 5.07. The Labute approximate surface area is 187 Å². The van der Waals surface area contributed by atoms with Crippen LogP contribution >= 0.6 is 0 Å². The van der Waals surface area contributed by atoms with E-state index < -0.39 is 18.2 Å². The molecule has 2 aliphatic heterocycles. The molecule has 3 aliphatic rings. The van der Waals surface area contributed by atoms with Crippen LogP contribution in [-0.4, -0.2) is 53.4 Å². The monoisotopic (exact) mass is 439 g/mol. The molecule has 0 bridgehead atoms. The van der Waals surface area contributed by atoms with E-state index in [2.05, 4.69) is 11.9 Å². The summed E-state index contributed by atoms with van der Waals surface area (Å²) in [6.45, 7) is 3.32. The number of nitrogens with one attached hydrogen (secondary N) is 1. The summed E-state index contributed by atoms with van der Waals surface area (Å²) in [7, 11) is 0. The number of carbonyl (C=O) groups is 4. The number of rotatable bonds is 6. The molecule has 3 amide bonds. The normalized spacial score (nSPS) is 23.2. The van der Waals surface area contributed by atoms with Gasteiger partial charge in [-0.15, -0.1) is 6.58 Å². The van der Waals surface area contributed by atoms with Crippen LogP contribution in [0, 0.1) is 0 Å². The Balaban J connectivity index is 1.56. The van der Waals surface area contributed by atoms with Gasteiger partial charge in [-0.25, -0.2) is 4.79 Å². The van der Waals surface area contributed by atoms with Gasteiger partial charge in [-0.1, -0.05) is 43.9 Å². The molecule has 0 spiro atoms. The van der Waals surface area contributed by atoms with Crippen LogP contribution in [0.2, 0.25) is 0 Å². The average molecular weight is 440 g/mol. The van der Waals surface area contributed by atoms with Crippen LogP contribution in [0.1, 0.15) is 61.7 Å². The van der Waals surface area contributed by atoms with Gasteiger partial charge in [0, 0.05) is 25.4 Å². The zero-order chi connectivity index (χ0) is 22.7. The minimum Gasteiger partial charge on any atom is -0.452 e. The maximum absolute atomic E-state index is 13.4. The summed E-state index contributed by atoms with van der Waals surface area (Å²) in [5.41, 5.74) is -0.876. The number of para-hydroxylation sites is 1. The predicted molar refractivity (Wildman–Crippen MR) is 118 cm³/mol. The van der Waals surface area contributed by atoms with Crippen LogP contribution in [0.3, 0.4) is 0 Å². The third-order valence-corrected chi connectivity index (χ3v) is 6.57. The molecule has 1 aromatic carbocycles. The second-order valence-electron chi connectivity index (χ2n) is 8.60. The molecular weight excluding hydrogens is 410 g/mol. The SMILES string of the molecule is C=CCN1C(=O)c2ccccc2N2C(=O)CCC12C(=O)OCC(=O)NC1CCCCCC1. The van der Waals surface area contributed by atoms with Gasteiger partial charge in [0.25, 0.3) is 11.8 Å². The molecule has 2 heterocycles. The lowest BCUT2D eigenvalue weighted by Crippen LogP contribution is -2.68. The summed E-state index contributed by atoms with van der Waals surface area (Å²) in [6.07, 6.45) is 8.04. The number of anilines is 1. The van der Waals surface area contributed by atoms with Crippen LogP contribution in [0.5, 0.6) is 0 Å². The van der Waals surface area contributed by atoms with Gasteiger partial charge < -0.3 is 15.0 Å². The average Bonchev–Trinajstić information content (AvgIpc) is 2.96. The summed E-state index contributed by atoms with van der Waals surface area (Å²) >= 11 is 0. The van der Waals surface area contributed by atoms with Crippen molar-refractivity contribution in [2.75, 3.05) is 18.1 Å². The van der Waals surface area contributed by atoms with Gasteiger partial charge in [0.2, 0.25) is 11.6 Å². The highest BCUT2D eigenvalue weighted by molar-refractivity contribution is 6.15. The molecule has 32 heavy (non-hydrogen) atoms. The second-order valence-corrected chi connectivity index (χ2v) is 8.60. The minimum absolute atomic E-state index is 0.0698. The number of carbonyl (C=O) groups excluding carboxylic acids is 4. The van der Waals surface area contributed by atoms with E-state index in [0.29, 0.717) is 11.3 Å². The molecule has 8 nitrogen and oxygen atoms in total. The van der Waals surface area contributed by atoms with Gasteiger partial charge in [0.05, 0.1) is 11.3 Å². The highest BCUT2D eigenvalue weighted by Gasteiger charge is 2.61. The van der Waals surface area contributed by atoms with Gasteiger partial charge in [-0.3, -0.25) is 19.3 Å². The van der Waals surface area contributed by atoms with E-state index >= 15 is 0 Å². The fourth-order valence-corrected chi connectivity index (χ4v) is 5.07. The van der Waals surface area contributed by atoms with E-state index in [1.165, 1.54) is 28.7 Å². The molecule has 1 aliphatic carbocycles.